The van der Waals surface area contributed by atoms with Gasteiger partial charge in [0.15, 0.2) is 0 Å². The predicted octanol–water partition coefficient (Wildman–Crippen LogP) is 3.90. The van der Waals surface area contributed by atoms with Crippen LogP contribution in [0.5, 0.6) is 0 Å². The molecule has 160 valence electrons. The van der Waals surface area contributed by atoms with Crippen molar-refractivity contribution in [2.75, 3.05) is 26.3 Å². The van der Waals surface area contributed by atoms with Crippen LogP contribution in [-0.4, -0.2) is 54.8 Å². The van der Waals surface area contributed by atoms with Crippen LogP contribution in [0.2, 0.25) is 5.02 Å². The van der Waals surface area contributed by atoms with Crippen LogP contribution < -0.4 is 5.32 Å². The highest BCUT2D eigenvalue weighted by Gasteiger charge is 2.40. The zero-order valence-corrected chi connectivity index (χ0v) is 18.3. The van der Waals surface area contributed by atoms with Gasteiger partial charge in [-0.1, -0.05) is 29.8 Å². The molecular weight excluding hydrogens is 392 g/mol. The molecule has 0 bridgehead atoms. The van der Waals surface area contributed by atoms with E-state index in [2.05, 4.69) is 5.32 Å². The fraction of sp³-hybridized carbons (Fsp3) is 0.636. The standard InChI is InChI=1S/C22H31ClN2O4/c1-21(2,3)29-20(27)25-12-6-9-18(25)19(26)24-15-22(10-13-28-14-11-22)16-7-4-5-8-17(16)23/h4-5,7-8,18H,6,9-15H2,1-3H3,(H,24,26). The van der Waals surface area contributed by atoms with E-state index in [9.17, 15) is 9.59 Å². The summed E-state index contributed by atoms with van der Waals surface area (Å²) in [6, 6.07) is 7.31. The molecule has 2 saturated heterocycles. The predicted molar refractivity (Wildman–Crippen MR) is 112 cm³/mol. The van der Waals surface area contributed by atoms with Gasteiger partial charge in [0, 0.05) is 36.7 Å². The van der Waals surface area contributed by atoms with Gasteiger partial charge in [-0.25, -0.2) is 4.79 Å². The molecule has 0 spiro atoms. The molecule has 2 amide bonds. The van der Waals surface area contributed by atoms with Crippen LogP contribution in [0.25, 0.3) is 0 Å². The maximum absolute atomic E-state index is 13.0. The smallest absolute Gasteiger partial charge is 0.410 e. The third kappa shape index (κ3) is 5.23. The highest BCUT2D eigenvalue weighted by Crippen LogP contribution is 2.38. The molecule has 3 rings (SSSR count). The van der Waals surface area contributed by atoms with Gasteiger partial charge in [-0.15, -0.1) is 0 Å². The van der Waals surface area contributed by atoms with Gasteiger partial charge < -0.3 is 14.8 Å². The lowest BCUT2D eigenvalue weighted by Gasteiger charge is -2.39. The normalized spacial score (nSPS) is 21.7. The van der Waals surface area contributed by atoms with Crippen molar-refractivity contribution in [2.24, 2.45) is 0 Å². The van der Waals surface area contributed by atoms with Gasteiger partial charge in [0.1, 0.15) is 11.6 Å². The fourth-order valence-corrected chi connectivity index (χ4v) is 4.48. The van der Waals surface area contributed by atoms with Crippen molar-refractivity contribution in [1.82, 2.24) is 10.2 Å². The zero-order chi connectivity index (χ0) is 21.1. The largest absolute Gasteiger partial charge is 0.444 e. The molecule has 0 aliphatic carbocycles. The first kappa shape index (κ1) is 21.9. The summed E-state index contributed by atoms with van der Waals surface area (Å²) in [6.07, 6.45) is 2.59. The van der Waals surface area contributed by atoms with E-state index in [0.717, 1.165) is 24.8 Å². The second-order valence-corrected chi connectivity index (χ2v) is 9.33. The van der Waals surface area contributed by atoms with Crippen molar-refractivity contribution >= 4 is 23.6 Å². The molecular formula is C22H31ClN2O4. The quantitative estimate of drug-likeness (QED) is 0.798. The Morgan fingerprint density at radius 3 is 2.62 bits per heavy atom. The summed E-state index contributed by atoms with van der Waals surface area (Å²) in [5.74, 6) is -0.133. The maximum Gasteiger partial charge on any atom is 0.410 e. The van der Waals surface area contributed by atoms with Crippen LogP contribution >= 0.6 is 11.6 Å². The number of nitrogens with zero attached hydrogens (tertiary/aromatic N) is 1. The molecule has 29 heavy (non-hydrogen) atoms. The van der Waals surface area contributed by atoms with Gasteiger partial charge in [0.25, 0.3) is 0 Å². The highest BCUT2D eigenvalue weighted by molar-refractivity contribution is 6.31. The zero-order valence-electron chi connectivity index (χ0n) is 17.5. The Hall–Kier alpha value is -1.79. The minimum Gasteiger partial charge on any atom is -0.444 e. The number of nitrogens with one attached hydrogen (secondary N) is 1. The van der Waals surface area contributed by atoms with E-state index in [-0.39, 0.29) is 11.3 Å². The SMILES string of the molecule is CC(C)(C)OC(=O)N1CCCC1C(=O)NCC1(c2ccccc2Cl)CCOCC1. The first-order chi connectivity index (χ1) is 13.7. The van der Waals surface area contributed by atoms with Crippen molar-refractivity contribution in [2.45, 2.75) is 63.5 Å². The lowest BCUT2D eigenvalue weighted by molar-refractivity contribution is -0.126. The van der Waals surface area contributed by atoms with Gasteiger partial charge in [0.05, 0.1) is 0 Å². The average molecular weight is 423 g/mol. The number of ether oxygens (including phenoxy) is 2. The molecule has 2 fully saturated rings. The number of hydrogen-bond donors (Lipinski definition) is 1. The molecule has 1 N–H and O–H groups in total. The summed E-state index contributed by atoms with van der Waals surface area (Å²) in [5, 5.41) is 3.81. The topological polar surface area (TPSA) is 67.9 Å². The summed E-state index contributed by atoms with van der Waals surface area (Å²) in [4.78, 5) is 27.1. The van der Waals surface area contributed by atoms with Gasteiger partial charge in [-0.3, -0.25) is 9.69 Å². The first-order valence-corrected chi connectivity index (χ1v) is 10.7. The Morgan fingerprint density at radius 2 is 1.97 bits per heavy atom. The second kappa shape index (κ2) is 8.92. The molecule has 1 aromatic carbocycles. The van der Waals surface area contributed by atoms with E-state index in [1.807, 2.05) is 45.0 Å². The maximum atomic E-state index is 13.0. The number of carbonyl (C=O) groups is 2. The van der Waals surface area contributed by atoms with Crippen LogP contribution in [-0.2, 0) is 19.7 Å². The van der Waals surface area contributed by atoms with E-state index in [0.29, 0.717) is 37.7 Å². The van der Waals surface area contributed by atoms with Crippen molar-refractivity contribution in [3.63, 3.8) is 0 Å². The van der Waals surface area contributed by atoms with Crippen molar-refractivity contribution < 1.29 is 19.1 Å². The summed E-state index contributed by atoms with van der Waals surface area (Å²) in [7, 11) is 0. The molecule has 2 heterocycles. The van der Waals surface area contributed by atoms with Crippen LogP contribution in [0.3, 0.4) is 0 Å². The first-order valence-electron chi connectivity index (χ1n) is 10.3. The fourth-order valence-electron chi connectivity index (χ4n) is 4.15. The number of carbonyl (C=O) groups excluding carboxylic acids is 2. The van der Waals surface area contributed by atoms with Crippen molar-refractivity contribution in [3.05, 3.63) is 34.9 Å². The number of halogens is 1. The molecule has 0 radical (unpaired) electrons. The molecule has 6 nitrogen and oxygen atoms in total. The minimum absolute atomic E-state index is 0.133. The van der Waals surface area contributed by atoms with Gasteiger partial charge in [-0.05, 0) is 58.1 Å². The Morgan fingerprint density at radius 1 is 1.28 bits per heavy atom. The second-order valence-electron chi connectivity index (χ2n) is 8.92. The number of amides is 2. The van der Waals surface area contributed by atoms with Gasteiger partial charge in [-0.2, -0.15) is 0 Å². The summed E-state index contributed by atoms with van der Waals surface area (Å²) >= 11 is 6.49. The Kier molecular flexibility index (Phi) is 6.74. The van der Waals surface area contributed by atoms with E-state index >= 15 is 0 Å². The summed E-state index contributed by atoms with van der Waals surface area (Å²) in [5.41, 5.74) is 0.194. The molecule has 2 aliphatic rings. The Balaban J connectivity index is 1.70. The van der Waals surface area contributed by atoms with Gasteiger partial charge in [0.2, 0.25) is 5.91 Å². The third-order valence-corrected chi connectivity index (χ3v) is 6.01. The molecule has 1 unspecified atom stereocenters. The summed E-state index contributed by atoms with van der Waals surface area (Å²) in [6.45, 7) is 7.76. The van der Waals surface area contributed by atoms with Crippen molar-refractivity contribution in [3.8, 4) is 0 Å². The highest BCUT2D eigenvalue weighted by atomic mass is 35.5. The van der Waals surface area contributed by atoms with E-state index in [4.69, 9.17) is 21.1 Å². The lowest BCUT2D eigenvalue weighted by Crippen LogP contribution is -2.51. The van der Waals surface area contributed by atoms with E-state index < -0.39 is 17.7 Å². The van der Waals surface area contributed by atoms with E-state index in [1.54, 1.807) is 4.90 Å². The Bertz CT molecular complexity index is 741. The molecule has 1 atom stereocenters. The molecule has 1 aromatic rings. The molecule has 0 aromatic heterocycles. The Labute approximate surface area is 177 Å². The third-order valence-electron chi connectivity index (χ3n) is 5.68. The molecule has 7 heteroatoms. The number of benzene rings is 1. The number of rotatable bonds is 4. The van der Waals surface area contributed by atoms with Crippen LogP contribution in [0.1, 0.15) is 52.0 Å². The van der Waals surface area contributed by atoms with Gasteiger partial charge >= 0.3 is 6.09 Å². The number of hydrogen-bond acceptors (Lipinski definition) is 4. The molecule has 0 saturated carbocycles. The minimum atomic E-state index is -0.586. The molecule has 2 aliphatic heterocycles. The summed E-state index contributed by atoms with van der Waals surface area (Å²) < 4.78 is 11.0. The van der Waals surface area contributed by atoms with Crippen LogP contribution in [0.15, 0.2) is 24.3 Å². The number of likely N-dealkylation sites (tertiary alicyclic amines) is 1. The van der Waals surface area contributed by atoms with Crippen LogP contribution in [0, 0.1) is 0 Å². The monoisotopic (exact) mass is 422 g/mol. The van der Waals surface area contributed by atoms with E-state index in [1.165, 1.54) is 0 Å². The van der Waals surface area contributed by atoms with Crippen molar-refractivity contribution in [1.29, 1.82) is 0 Å². The average Bonchev–Trinajstić information content (AvgIpc) is 3.16. The van der Waals surface area contributed by atoms with Crippen LogP contribution in [0.4, 0.5) is 4.79 Å². The lowest BCUT2D eigenvalue weighted by atomic mass is 9.74.